The molecule has 0 fully saturated rings. The van der Waals surface area contributed by atoms with E-state index in [-0.39, 0.29) is 11.4 Å². The molecule has 0 saturated heterocycles. The van der Waals surface area contributed by atoms with Crippen molar-refractivity contribution in [2.24, 2.45) is 0 Å². The Labute approximate surface area is 151 Å². The summed E-state index contributed by atoms with van der Waals surface area (Å²) in [6.45, 7) is 0. The smallest absolute Gasteiger partial charge is 0.325 e. The van der Waals surface area contributed by atoms with Crippen molar-refractivity contribution in [2.45, 2.75) is 11.9 Å². The predicted octanol–water partition coefficient (Wildman–Crippen LogP) is 5.10. The van der Waals surface area contributed by atoms with Crippen LogP contribution in [0, 0.1) is 11.3 Å². The highest BCUT2D eigenvalue weighted by Crippen LogP contribution is 2.36. The number of benzene rings is 2. The Morgan fingerprint density at radius 2 is 1.88 bits per heavy atom. The van der Waals surface area contributed by atoms with E-state index in [2.05, 4.69) is 5.32 Å². The fourth-order valence-corrected chi connectivity index (χ4v) is 2.97. The molecule has 2 aromatic rings. The van der Waals surface area contributed by atoms with E-state index in [1.807, 2.05) is 6.07 Å². The molecule has 25 heavy (non-hydrogen) atoms. The van der Waals surface area contributed by atoms with E-state index in [9.17, 15) is 18.0 Å². The number of alkyl halides is 3. The van der Waals surface area contributed by atoms with Gasteiger partial charge in [-0.25, -0.2) is 0 Å². The second-order valence-corrected chi connectivity index (χ2v) is 6.43. The summed E-state index contributed by atoms with van der Waals surface area (Å²) in [5.74, 6) is 0.228. The first kappa shape index (κ1) is 19.2. The Bertz CT molecular complexity index is 801. The maximum atomic E-state index is 12.8. The minimum atomic E-state index is -4.58. The number of carbonyl (C=O) groups excluding carboxylic acids is 1. The number of carbonyl (C=O) groups is 1. The lowest BCUT2D eigenvalue weighted by molar-refractivity contribution is -0.137. The average molecular weight is 385 g/mol. The summed E-state index contributed by atoms with van der Waals surface area (Å²) in [6.07, 6.45) is -4.58. The number of nitrogens with zero attached hydrogens (tertiary/aromatic N) is 1. The maximum absolute atomic E-state index is 12.8. The van der Waals surface area contributed by atoms with E-state index >= 15 is 0 Å². The molecule has 0 atom stereocenters. The van der Waals surface area contributed by atoms with E-state index in [0.29, 0.717) is 11.3 Å². The number of thioether (sulfide) groups is 1. The molecule has 3 nitrogen and oxygen atoms in total. The maximum Gasteiger partial charge on any atom is 0.417 e. The van der Waals surface area contributed by atoms with Gasteiger partial charge < -0.3 is 5.32 Å². The van der Waals surface area contributed by atoms with Gasteiger partial charge in [0.1, 0.15) is 0 Å². The predicted molar refractivity (Wildman–Crippen MR) is 92.4 cm³/mol. The summed E-state index contributed by atoms with van der Waals surface area (Å²) < 4.78 is 38.4. The lowest BCUT2D eigenvalue weighted by Gasteiger charge is -2.11. The zero-order valence-corrected chi connectivity index (χ0v) is 14.3. The van der Waals surface area contributed by atoms with Crippen LogP contribution in [0.5, 0.6) is 0 Å². The normalized spacial score (nSPS) is 11.0. The zero-order chi connectivity index (χ0) is 18.4. The van der Waals surface area contributed by atoms with Gasteiger partial charge >= 0.3 is 6.18 Å². The van der Waals surface area contributed by atoms with Crippen molar-refractivity contribution in [3.05, 3.63) is 64.2 Å². The van der Waals surface area contributed by atoms with Crippen LogP contribution in [0.2, 0.25) is 5.02 Å². The van der Waals surface area contributed by atoms with Crippen LogP contribution in [-0.2, 0) is 16.7 Å². The van der Waals surface area contributed by atoms with Crippen molar-refractivity contribution in [1.82, 2.24) is 0 Å². The van der Waals surface area contributed by atoms with Gasteiger partial charge in [0.15, 0.2) is 0 Å². The van der Waals surface area contributed by atoms with Gasteiger partial charge in [0.25, 0.3) is 0 Å². The molecule has 0 aromatic heterocycles. The van der Waals surface area contributed by atoms with Crippen molar-refractivity contribution in [3.8, 4) is 6.07 Å². The third-order valence-electron chi connectivity index (χ3n) is 3.14. The Hall–Kier alpha value is -2.17. The fourth-order valence-electron chi connectivity index (χ4n) is 1.95. The molecule has 130 valence electrons. The van der Waals surface area contributed by atoms with Gasteiger partial charge in [-0.1, -0.05) is 23.7 Å². The number of anilines is 1. The molecule has 0 heterocycles. The number of halogens is 4. The summed E-state index contributed by atoms with van der Waals surface area (Å²) >= 11 is 6.85. The van der Waals surface area contributed by atoms with Crippen LogP contribution in [-0.4, -0.2) is 11.7 Å². The van der Waals surface area contributed by atoms with Crippen LogP contribution in [0.15, 0.2) is 42.5 Å². The molecule has 0 aliphatic rings. The van der Waals surface area contributed by atoms with E-state index in [0.717, 1.165) is 17.7 Å². The van der Waals surface area contributed by atoms with Crippen LogP contribution < -0.4 is 5.32 Å². The highest BCUT2D eigenvalue weighted by Gasteiger charge is 2.33. The number of nitriles is 1. The van der Waals surface area contributed by atoms with E-state index < -0.39 is 22.7 Å². The highest BCUT2D eigenvalue weighted by atomic mass is 35.5. The van der Waals surface area contributed by atoms with E-state index in [1.165, 1.54) is 17.8 Å². The number of amides is 1. The minimum Gasteiger partial charge on any atom is -0.325 e. The van der Waals surface area contributed by atoms with Gasteiger partial charge in [0.05, 0.1) is 28.0 Å². The fraction of sp³-hybridized carbons (Fsp3) is 0.176. The van der Waals surface area contributed by atoms with Crippen molar-refractivity contribution in [1.29, 1.82) is 5.26 Å². The zero-order valence-electron chi connectivity index (χ0n) is 12.7. The number of hydrogen-bond donors (Lipinski definition) is 1. The Kier molecular flexibility index (Phi) is 6.34. The van der Waals surface area contributed by atoms with Gasteiger partial charge in [0.2, 0.25) is 5.91 Å². The Morgan fingerprint density at radius 1 is 1.20 bits per heavy atom. The quantitative estimate of drug-likeness (QED) is 0.780. The largest absolute Gasteiger partial charge is 0.417 e. The SMILES string of the molecule is N#Cc1ccc(CSCC(=O)Nc2ccc(Cl)c(C(F)(F)F)c2)cc1. The standard InChI is InChI=1S/C17H12ClF3N2OS/c18-15-6-5-13(7-14(15)17(19,20)21)23-16(24)10-25-9-12-3-1-11(8-22)2-4-12/h1-7H,9-10H2,(H,23,24). The van der Waals surface area contributed by atoms with E-state index in [1.54, 1.807) is 24.3 Å². The molecule has 0 spiro atoms. The van der Waals surface area contributed by atoms with Crippen molar-refractivity contribution in [2.75, 3.05) is 11.1 Å². The third kappa shape index (κ3) is 5.69. The van der Waals surface area contributed by atoms with Crippen molar-refractivity contribution in [3.63, 3.8) is 0 Å². The van der Waals surface area contributed by atoms with Crippen molar-refractivity contribution < 1.29 is 18.0 Å². The van der Waals surface area contributed by atoms with Gasteiger partial charge in [-0.15, -0.1) is 11.8 Å². The molecule has 2 aromatic carbocycles. The van der Waals surface area contributed by atoms with Gasteiger partial charge in [-0.2, -0.15) is 18.4 Å². The molecule has 0 aliphatic heterocycles. The average Bonchev–Trinajstić information content (AvgIpc) is 2.56. The van der Waals surface area contributed by atoms with Gasteiger partial charge in [0, 0.05) is 11.4 Å². The molecule has 0 radical (unpaired) electrons. The summed E-state index contributed by atoms with van der Waals surface area (Å²) in [5, 5.41) is 10.7. The minimum absolute atomic E-state index is 0.0423. The molecule has 0 aliphatic carbocycles. The highest BCUT2D eigenvalue weighted by molar-refractivity contribution is 7.99. The van der Waals surface area contributed by atoms with Gasteiger partial charge in [-0.3, -0.25) is 4.79 Å². The van der Waals surface area contributed by atoms with E-state index in [4.69, 9.17) is 16.9 Å². The summed E-state index contributed by atoms with van der Waals surface area (Å²) in [4.78, 5) is 11.9. The first-order chi connectivity index (χ1) is 11.8. The monoisotopic (exact) mass is 384 g/mol. The molecule has 0 unspecified atom stereocenters. The molecule has 0 saturated carbocycles. The molecular weight excluding hydrogens is 373 g/mol. The topological polar surface area (TPSA) is 52.9 Å². The Balaban J connectivity index is 1.89. The molecular formula is C17H12ClF3N2OS. The number of rotatable bonds is 5. The third-order valence-corrected chi connectivity index (χ3v) is 4.47. The van der Waals surface area contributed by atoms with Crippen LogP contribution in [0.3, 0.4) is 0 Å². The van der Waals surface area contributed by atoms with Crippen molar-refractivity contribution >= 4 is 35.0 Å². The number of nitrogens with one attached hydrogen (secondary N) is 1. The first-order valence-electron chi connectivity index (χ1n) is 7.03. The first-order valence-corrected chi connectivity index (χ1v) is 8.56. The van der Waals surface area contributed by atoms with Crippen LogP contribution in [0.1, 0.15) is 16.7 Å². The lowest BCUT2D eigenvalue weighted by Crippen LogP contribution is -2.15. The second kappa shape index (κ2) is 8.28. The summed E-state index contributed by atoms with van der Waals surface area (Å²) in [7, 11) is 0. The molecule has 8 heteroatoms. The summed E-state index contributed by atoms with van der Waals surface area (Å²) in [6, 6.07) is 12.2. The molecule has 1 N–H and O–H groups in total. The molecule has 1 amide bonds. The van der Waals surface area contributed by atoms with Crippen LogP contribution >= 0.6 is 23.4 Å². The second-order valence-electron chi connectivity index (χ2n) is 5.04. The Morgan fingerprint density at radius 3 is 2.48 bits per heavy atom. The lowest BCUT2D eigenvalue weighted by atomic mass is 10.2. The molecule has 2 rings (SSSR count). The van der Waals surface area contributed by atoms with Crippen LogP contribution in [0.25, 0.3) is 0 Å². The molecule has 0 bridgehead atoms. The summed E-state index contributed by atoms with van der Waals surface area (Å²) in [5.41, 5.74) is 0.551. The van der Waals surface area contributed by atoms with Crippen LogP contribution in [0.4, 0.5) is 18.9 Å². The number of hydrogen-bond acceptors (Lipinski definition) is 3. The van der Waals surface area contributed by atoms with Gasteiger partial charge in [-0.05, 0) is 35.9 Å².